The van der Waals surface area contributed by atoms with Gasteiger partial charge in [-0.05, 0) is 73.9 Å². The van der Waals surface area contributed by atoms with E-state index in [2.05, 4.69) is 0 Å². The highest BCUT2D eigenvalue weighted by Gasteiger charge is 2.47. The van der Waals surface area contributed by atoms with E-state index in [0.717, 1.165) is 18.2 Å². The number of aliphatic hydroxyl groups is 1. The monoisotopic (exact) mass is 549 g/mol. The van der Waals surface area contributed by atoms with Gasteiger partial charge in [-0.1, -0.05) is 48.5 Å². The molecule has 5 rings (SSSR count). The highest BCUT2D eigenvalue weighted by atomic mass is 19.1. The van der Waals surface area contributed by atoms with E-state index in [-0.39, 0.29) is 30.2 Å². The summed E-state index contributed by atoms with van der Waals surface area (Å²) in [5.74, 6) is -1.20. The largest absolute Gasteiger partial charge is 0.393 e. The van der Waals surface area contributed by atoms with Gasteiger partial charge in [-0.2, -0.15) is 0 Å². The molecule has 0 saturated carbocycles. The van der Waals surface area contributed by atoms with Crippen molar-refractivity contribution in [2.24, 2.45) is 0 Å². The lowest BCUT2D eigenvalue weighted by Gasteiger charge is -2.42. The van der Waals surface area contributed by atoms with Gasteiger partial charge in [-0.3, -0.25) is 4.90 Å². The Labute approximate surface area is 233 Å². The van der Waals surface area contributed by atoms with E-state index in [1.54, 1.807) is 15.9 Å². The molecule has 2 aliphatic rings. The predicted molar refractivity (Wildman–Crippen MR) is 151 cm³/mol. The fraction of sp³-hybridized carbons (Fsp3) is 0.344. The first-order chi connectivity index (χ1) is 19.4. The van der Waals surface area contributed by atoms with Crippen molar-refractivity contribution >= 4 is 17.3 Å². The van der Waals surface area contributed by atoms with E-state index in [1.165, 1.54) is 0 Å². The van der Waals surface area contributed by atoms with Gasteiger partial charge >= 0.3 is 6.03 Å². The number of anilines is 1. The number of carbonyl (C=O) groups excluding carboxylic acids is 1. The first-order valence-corrected chi connectivity index (χ1v) is 13.6. The Morgan fingerprint density at radius 1 is 1.00 bits per heavy atom. The molecule has 8 heteroatoms. The molecule has 0 bridgehead atoms. The number of alkyl halides is 1. The van der Waals surface area contributed by atoms with Crippen LogP contribution in [0.4, 0.5) is 23.7 Å². The molecule has 5 nitrogen and oxygen atoms in total. The zero-order valence-electron chi connectivity index (χ0n) is 22.5. The molecule has 0 radical (unpaired) electrons. The molecular weight excluding hydrogens is 515 g/mol. The number of carbonyl (C=O) groups is 1. The summed E-state index contributed by atoms with van der Waals surface area (Å²) >= 11 is 0. The number of amides is 2. The molecule has 2 unspecified atom stereocenters. The number of nitrogens with zero attached hydrogens (tertiary/aromatic N) is 3. The van der Waals surface area contributed by atoms with Gasteiger partial charge in [0.1, 0.15) is 23.8 Å². The molecular formula is C32H34F3N3O2. The van der Waals surface area contributed by atoms with Crippen LogP contribution in [0.5, 0.6) is 0 Å². The number of benzene rings is 3. The van der Waals surface area contributed by atoms with Gasteiger partial charge < -0.3 is 14.9 Å². The second-order valence-electron chi connectivity index (χ2n) is 10.6. The van der Waals surface area contributed by atoms with E-state index >= 15 is 0 Å². The molecule has 0 aliphatic carbocycles. The summed E-state index contributed by atoms with van der Waals surface area (Å²) in [6.45, 7) is -0.318. The third-order valence-electron chi connectivity index (χ3n) is 8.30. The topological polar surface area (TPSA) is 47.0 Å². The molecule has 1 saturated heterocycles. The summed E-state index contributed by atoms with van der Waals surface area (Å²) in [6, 6.07) is 20.9. The molecule has 2 heterocycles. The summed E-state index contributed by atoms with van der Waals surface area (Å²) < 4.78 is 42.9. The number of rotatable bonds is 6. The first-order valence-electron chi connectivity index (χ1n) is 13.6. The Bertz CT molecular complexity index is 1350. The van der Waals surface area contributed by atoms with Crippen molar-refractivity contribution in [3.05, 3.63) is 108 Å². The van der Waals surface area contributed by atoms with Gasteiger partial charge in [0.05, 0.1) is 6.61 Å². The highest BCUT2D eigenvalue weighted by molar-refractivity contribution is 5.96. The average Bonchev–Trinajstić information content (AvgIpc) is 3.29. The van der Waals surface area contributed by atoms with Crippen LogP contribution in [-0.4, -0.2) is 66.4 Å². The maximum Gasteiger partial charge on any atom is 0.326 e. The quantitative estimate of drug-likeness (QED) is 0.410. The number of hydrogen-bond donors (Lipinski definition) is 1. The van der Waals surface area contributed by atoms with E-state index in [4.69, 9.17) is 0 Å². The summed E-state index contributed by atoms with van der Waals surface area (Å²) in [4.78, 5) is 20.0. The molecule has 0 aromatic heterocycles. The lowest BCUT2D eigenvalue weighted by molar-refractivity contribution is 0.106. The Hall–Kier alpha value is -3.62. The van der Waals surface area contributed by atoms with Gasteiger partial charge in [0, 0.05) is 36.4 Å². The van der Waals surface area contributed by atoms with Crippen LogP contribution in [0.25, 0.3) is 5.57 Å². The zero-order valence-corrected chi connectivity index (χ0v) is 22.5. The van der Waals surface area contributed by atoms with Crippen molar-refractivity contribution in [1.29, 1.82) is 0 Å². The van der Waals surface area contributed by atoms with Crippen molar-refractivity contribution in [3.63, 3.8) is 0 Å². The number of halogens is 3. The smallest absolute Gasteiger partial charge is 0.326 e. The van der Waals surface area contributed by atoms with Crippen LogP contribution < -0.4 is 4.90 Å². The maximum atomic E-state index is 15.0. The maximum absolute atomic E-state index is 15.0. The van der Waals surface area contributed by atoms with Crippen molar-refractivity contribution < 1.29 is 23.1 Å². The Balaban J connectivity index is 1.60. The third-order valence-corrected chi connectivity index (χ3v) is 8.30. The van der Waals surface area contributed by atoms with E-state index in [0.29, 0.717) is 42.6 Å². The van der Waals surface area contributed by atoms with Crippen LogP contribution in [-0.2, 0) is 5.54 Å². The van der Waals surface area contributed by atoms with Crippen LogP contribution in [0.2, 0.25) is 0 Å². The number of urea groups is 1. The predicted octanol–water partition coefficient (Wildman–Crippen LogP) is 6.00. The van der Waals surface area contributed by atoms with Crippen molar-refractivity contribution in [2.45, 2.75) is 36.9 Å². The van der Waals surface area contributed by atoms with Gasteiger partial charge in [-0.25, -0.2) is 18.0 Å². The van der Waals surface area contributed by atoms with E-state index in [1.807, 2.05) is 72.6 Å². The lowest BCUT2D eigenvalue weighted by Crippen LogP contribution is -2.56. The molecule has 3 atom stereocenters. The van der Waals surface area contributed by atoms with Crippen LogP contribution in [0.3, 0.4) is 0 Å². The Morgan fingerprint density at radius 2 is 1.70 bits per heavy atom. The van der Waals surface area contributed by atoms with E-state index < -0.39 is 30.5 Å². The normalized spacial score (nSPS) is 23.5. The minimum atomic E-state index is -1.30. The van der Waals surface area contributed by atoms with Gasteiger partial charge in [0.2, 0.25) is 0 Å². The molecule has 40 heavy (non-hydrogen) atoms. The van der Waals surface area contributed by atoms with Gasteiger partial charge in [-0.15, -0.1) is 0 Å². The van der Waals surface area contributed by atoms with Crippen molar-refractivity contribution in [3.8, 4) is 0 Å². The van der Waals surface area contributed by atoms with Crippen LogP contribution >= 0.6 is 0 Å². The Kier molecular flexibility index (Phi) is 8.28. The summed E-state index contributed by atoms with van der Waals surface area (Å²) in [7, 11) is 1.90. The molecule has 1 N–H and O–H groups in total. The van der Waals surface area contributed by atoms with Crippen LogP contribution in [0.1, 0.15) is 30.4 Å². The minimum absolute atomic E-state index is 0.0300. The van der Waals surface area contributed by atoms with Crippen molar-refractivity contribution in [2.75, 3.05) is 38.3 Å². The lowest BCUT2D eigenvalue weighted by atomic mass is 9.89. The second-order valence-corrected chi connectivity index (χ2v) is 10.6. The van der Waals surface area contributed by atoms with Gasteiger partial charge in [0.25, 0.3) is 0 Å². The molecule has 3 aromatic rings. The fourth-order valence-electron chi connectivity index (χ4n) is 5.99. The summed E-state index contributed by atoms with van der Waals surface area (Å²) in [5, 5.41) is 10.9. The van der Waals surface area contributed by atoms with Crippen LogP contribution in [0, 0.1) is 11.6 Å². The van der Waals surface area contributed by atoms with Gasteiger partial charge in [0.15, 0.2) is 0 Å². The highest BCUT2D eigenvalue weighted by Crippen LogP contribution is 2.42. The van der Waals surface area contributed by atoms with Crippen LogP contribution in [0.15, 0.2) is 84.9 Å². The molecule has 2 aliphatic heterocycles. The molecule has 0 spiro atoms. The third kappa shape index (κ3) is 5.25. The molecule has 1 fully saturated rings. The number of aliphatic hydroxyl groups excluding tert-OH is 1. The first kappa shape index (κ1) is 27.9. The average molecular weight is 550 g/mol. The van der Waals surface area contributed by atoms with Crippen molar-refractivity contribution in [1.82, 2.24) is 9.80 Å². The van der Waals surface area contributed by atoms with E-state index in [9.17, 15) is 23.1 Å². The Morgan fingerprint density at radius 3 is 2.38 bits per heavy atom. The SMILES string of the molecule is CN1CCC(N(C(=O)N2CC(c3cc(F)ccc3F)=C[C@@]2(CO)c2ccccc2)c2ccccc2)CCC1CF. The molecule has 2 amide bonds. The number of likely N-dealkylation sites (tertiary alicyclic amines) is 1. The standard InChI is InChI=1S/C32H34F3N3O2/c1-36-17-16-27(13-14-28(36)20-33)38(26-10-6-3-7-11-26)31(40)37-21-23(29-18-25(34)12-15-30(29)35)19-32(37,22-39)24-8-4-2-5-9-24/h2-12,15,18-19,27-28,39H,13-14,16-17,20-22H2,1H3/t27?,28?,32-/m1/s1. The minimum Gasteiger partial charge on any atom is -0.393 e. The summed E-state index contributed by atoms with van der Waals surface area (Å²) in [5.41, 5.74) is 0.502. The number of hydrogen-bond acceptors (Lipinski definition) is 3. The zero-order chi connectivity index (χ0) is 28.3. The molecule has 210 valence electrons. The molecule has 3 aromatic carbocycles. The summed E-state index contributed by atoms with van der Waals surface area (Å²) in [6.07, 6.45) is 3.51. The number of para-hydroxylation sites is 1. The fourth-order valence-corrected chi connectivity index (χ4v) is 5.99. The second kappa shape index (κ2) is 11.9.